The van der Waals surface area contributed by atoms with Gasteiger partial charge in [0.2, 0.25) is 0 Å². The molecule has 0 aromatic rings. The van der Waals surface area contributed by atoms with E-state index in [4.69, 9.17) is 4.74 Å². The van der Waals surface area contributed by atoms with Crippen molar-refractivity contribution >= 4 is 33.7 Å². The van der Waals surface area contributed by atoms with Crippen LogP contribution < -0.4 is 5.32 Å². The number of carbonyl (C=O) groups excluding carboxylic acids is 1. The lowest BCUT2D eigenvalue weighted by atomic mass is 9.89. The number of esters is 1. The molecule has 0 aliphatic carbocycles. The van der Waals surface area contributed by atoms with Crippen LogP contribution in [0.2, 0.25) is 0 Å². The molecule has 2 saturated heterocycles. The van der Waals surface area contributed by atoms with Gasteiger partial charge in [-0.1, -0.05) is 19.9 Å². The van der Waals surface area contributed by atoms with Crippen molar-refractivity contribution in [3.05, 3.63) is 12.7 Å². The summed E-state index contributed by atoms with van der Waals surface area (Å²) in [4.78, 5) is 14.6. The van der Waals surface area contributed by atoms with Gasteiger partial charge in [-0.05, 0) is 42.6 Å². The lowest BCUT2D eigenvalue weighted by Crippen LogP contribution is -2.72. The highest BCUT2D eigenvalue weighted by molar-refractivity contribution is 9.11. The second-order valence-electron chi connectivity index (χ2n) is 7.00. The molecule has 0 amide bonds. The van der Waals surface area contributed by atoms with Crippen LogP contribution in [-0.2, 0) is 9.53 Å². The smallest absolute Gasteiger partial charge is 0.325 e. The van der Waals surface area contributed by atoms with E-state index in [9.17, 15) is 4.79 Å². The van der Waals surface area contributed by atoms with Crippen LogP contribution in [0.3, 0.4) is 0 Å². The summed E-state index contributed by atoms with van der Waals surface area (Å²) in [7, 11) is 0. The average molecular weight is 377 g/mol. The van der Waals surface area contributed by atoms with E-state index >= 15 is 0 Å². The lowest BCUT2D eigenvalue weighted by molar-refractivity contribution is -0.162. The van der Waals surface area contributed by atoms with Crippen molar-refractivity contribution < 1.29 is 9.53 Å². The number of alkyl halides is 1. The second kappa shape index (κ2) is 5.55. The summed E-state index contributed by atoms with van der Waals surface area (Å²) in [6, 6.07) is -0.254. The first kappa shape index (κ1) is 17.3. The van der Waals surface area contributed by atoms with Crippen molar-refractivity contribution in [3.8, 4) is 0 Å². The molecule has 3 atom stereocenters. The number of ether oxygens (including phenoxy) is 1. The average Bonchev–Trinajstić information content (AvgIpc) is 2.55. The van der Waals surface area contributed by atoms with Crippen molar-refractivity contribution in [1.82, 2.24) is 10.2 Å². The molecule has 21 heavy (non-hydrogen) atoms. The molecule has 0 spiro atoms. The first-order valence-electron chi connectivity index (χ1n) is 7.30. The van der Waals surface area contributed by atoms with Gasteiger partial charge in [-0.3, -0.25) is 10.1 Å². The summed E-state index contributed by atoms with van der Waals surface area (Å²) in [6.07, 6.45) is 2.62. The van der Waals surface area contributed by atoms with Crippen molar-refractivity contribution in [2.45, 2.75) is 62.2 Å². The molecule has 2 rings (SSSR count). The quantitative estimate of drug-likeness (QED) is 0.353. The number of halogens is 1. The molecule has 120 valence electrons. The Balaban J connectivity index is 2.46. The van der Waals surface area contributed by atoms with Crippen LogP contribution in [0.1, 0.15) is 41.0 Å². The molecule has 2 fully saturated rings. The molecular formula is C15H25BrN2O2S. The fourth-order valence-electron chi connectivity index (χ4n) is 3.52. The molecule has 0 unspecified atom stereocenters. The minimum Gasteiger partial charge on any atom is -0.443 e. The number of fused-ring (bicyclic) bond motifs is 1. The molecule has 0 bridgehead atoms. The van der Waals surface area contributed by atoms with Gasteiger partial charge in [0.1, 0.15) is 6.04 Å². The van der Waals surface area contributed by atoms with Gasteiger partial charge in [-0.2, -0.15) is 0 Å². The normalized spacial score (nSPS) is 39.2. The van der Waals surface area contributed by atoms with Crippen molar-refractivity contribution in [2.24, 2.45) is 5.92 Å². The van der Waals surface area contributed by atoms with Crippen LogP contribution in [-0.4, -0.2) is 37.8 Å². The molecule has 0 radical (unpaired) electrons. The molecule has 6 heteroatoms. The van der Waals surface area contributed by atoms with E-state index in [1.54, 1.807) is 11.8 Å². The Hall–Kier alpha value is -0.0400. The van der Waals surface area contributed by atoms with E-state index in [0.29, 0.717) is 0 Å². The van der Waals surface area contributed by atoms with Crippen molar-refractivity contribution in [1.29, 1.82) is 0 Å². The minimum absolute atomic E-state index is 0.130. The van der Waals surface area contributed by atoms with Crippen LogP contribution in [0, 0.1) is 5.92 Å². The monoisotopic (exact) mass is 376 g/mol. The van der Waals surface area contributed by atoms with E-state index < -0.39 is 9.63 Å². The third kappa shape index (κ3) is 3.05. The Morgan fingerprint density at radius 2 is 2.19 bits per heavy atom. The first-order chi connectivity index (χ1) is 9.55. The van der Waals surface area contributed by atoms with E-state index in [1.165, 1.54) is 0 Å². The number of hydrogen-bond donors (Lipinski definition) is 1. The van der Waals surface area contributed by atoms with Gasteiger partial charge in [0, 0.05) is 17.7 Å². The molecule has 1 N–H and O–H groups in total. The van der Waals surface area contributed by atoms with E-state index in [0.717, 1.165) is 12.2 Å². The first-order valence-corrected chi connectivity index (χ1v) is 9.08. The highest BCUT2D eigenvalue weighted by Gasteiger charge is 2.64. The maximum atomic E-state index is 12.4. The zero-order valence-corrected chi connectivity index (χ0v) is 15.8. The zero-order chi connectivity index (χ0) is 16.1. The molecule has 2 heterocycles. The standard InChI is InChI=1S/C15H25BrN2O2S/c1-7-8-21-15(16)17-13(4,5)9-14(6)18(15)11(10(2)3)12(19)20-14/h7,10-11,17H,1,8-9H2,2-6H3/t11-,14+,15+/m0/s1. The van der Waals surface area contributed by atoms with Gasteiger partial charge in [-0.15, -0.1) is 18.3 Å². The van der Waals surface area contributed by atoms with E-state index in [-0.39, 0.29) is 23.5 Å². The molecular weight excluding hydrogens is 352 g/mol. The number of carbonyl (C=O) groups is 1. The maximum Gasteiger partial charge on any atom is 0.325 e. The molecule has 0 aromatic heterocycles. The highest BCUT2D eigenvalue weighted by atomic mass is 79.9. The van der Waals surface area contributed by atoms with Gasteiger partial charge in [-0.25, -0.2) is 4.90 Å². The molecule has 2 aliphatic rings. The number of rotatable bonds is 4. The van der Waals surface area contributed by atoms with Gasteiger partial charge >= 0.3 is 5.97 Å². The zero-order valence-electron chi connectivity index (χ0n) is 13.4. The molecule has 0 saturated carbocycles. The summed E-state index contributed by atoms with van der Waals surface area (Å²) in [6.45, 7) is 14.2. The molecule has 0 aromatic carbocycles. The van der Waals surface area contributed by atoms with Gasteiger partial charge < -0.3 is 4.74 Å². The van der Waals surface area contributed by atoms with Gasteiger partial charge in [0.05, 0.1) is 0 Å². The molecule has 2 aliphatic heterocycles. The van der Waals surface area contributed by atoms with E-state index in [2.05, 4.69) is 60.4 Å². The lowest BCUT2D eigenvalue weighted by Gasteiger charge is -2.55. The summed E-state index contributed by atoms with van der Waals surface area (Å²) in [5, 5.41) is 3.63. The van der Waals surface area contributed by atoms with Crippen molar-refractivity contribution in [3.63, 3.8) is 0 Å². The molecule has 4 nitrogen and oxygen atoms in total. The summed E-state index contributed by atoms with van der Waals surface area (Å²) >= 11 is 5.53. The highest BCUT2D eigenvalue weighted by Crippen LogP contribution is 2.52. The SMILES string of the molecule is C=CCS[C@]1(Br)NC(C)(C)C[C@@]2(C)OC(=O)[C@H](C(C)C)N21. The van der Waals surface area contributed by atoms with Gasteiger partial charge in [0.25, 0.3) is 0 Å². The summed E-state index contributed by atoms with van der Waals surface area (Å²) in [5.74, 6) is 0.832. The predicted octanol–water partition coefficient (Wildman–Crippen LogP) is 3.28. The van der Waals surface area contributed by atoms with E-state index in [1.807, 2.05) is 13.0 Å². The third-order valence-electron chi connectivity index (χ3n) is 3.95. The Morgan fingerprint density at radius 1 is 1.57 bits per heavy atom. The number of nitrogens with zero attached hydrogens (tertiary/aromatic N) is 1. The maximum absolute atomic E-state index is 12.4. The Kier molecular flexibility index (Phi) is 4.58. The van der Waals surface area contributed by atoms with Crippen LogP contribution in [0.5, 0.6) is 0 Å². The number of hydrogen-bond acceptors (Lipinski definition) is 5. The second-order valence-corrected chi connectivity index (χ2v) is 9.89. The topological polar surface area (TPSA) is 41.6 Å². The van der Waals surface area contributed by atoms with Crippen LogP contribution in [0.25, 0.3) is 0 Å². The number of nitrogens with one attached hydrogen (secondary N) is 1. The predicted molar refractivity (Wildman–Crippen MR) is 91.1 cm³/mol. The Labute approximate surface area is 140 Å². The minimum atomic E-state index is -0.599. The van der Waals surface area contributed by atoms with Crippen LogP contribution in [0.4, 0.5) is 0 Å². The summed E-state index contributed by atoms with van der Waals surface area (Å²) < 4.78 is 5.27. The fourth-order valence-corrected chi connectivity index (χ4v) is 6.18. The van der Waals surface area contributed by atoms with Gasteiger partial charge in [0.15, 0.2) is 9.63 Å². The Morgan fingerprint density at radius 3 is 2.71 bits per heavy atom. The third-order valence-corrected chi connectivity index (χ3v) is 6.30. The Bertz CT molecular complexity index is 457. The van der Waals surface area contributed by atoms with Crippen LogP contribution in [0.15, 0.2) is 12.7 Å². The van der Waals surface area contributed by atoms with Crippen molar-refractivity contribution in [2.75, 3.05) is 5.75 Å². The van der Waals surface area contributed by atoms with Crippen LogP contribution >= 0.6 is 27.7 Å². The largest absolute Gasteiger partial charge is 0.443 e. The number of thioether (sulfide) groups is 1. The summed E-state index contributed by atoms with van der Waals surface area (Å²) in [5.41, 5.74) is -0.743. The fraction of sp³-hybridized carbons (Fsp3) is 0.800.